The number of fused-ring (bicyclic) bond motifs is 5. The molecule has 1 aliphatic carbocycles. The molecule has 17 heteroatoms. The first-order chi connectivity index (χ1) is 33.3. The molecule has 360 valence electrons. The summed E-state index contributed by atoms with van der Waals surface area (Å²) in [4.78, 5) is 59.3. The minimum Gasteiger partial charge on any atom is -0.508 e. The molecule has 6 aromatic rings. The Bertz CT molecular complexity index is 3120. The number of nitrogens with one attached hydrogen (secondary N) is 2. The minimum atomic E-state index is -0.695. The number of piperazine rings is 1. The van der Waals surface area contributed by atoms with Gasteiger partial charge in [-0.05, 0) is 129 Å². The molecule has 0 radical (unpaired) electrons. The molecule has 15 nitrogen and oxygen atoms in total. The fraction of sp³-hybridized carbons (Fsp3) is 0.500. The summed E-state index contributed by atoms with van der Waals surface area (Å²) in [6.07, 6.45) is 9.87. The molecule has 5 aliphatic heterocycles. The molecular weight excluding hydrogens is 883 g/mol. The minimum absolute atomic E-state index is 0.0109. The van der Waals surface area contributed by atoms with Crippen molar-refractivity contribution >= 4 is 50.3 Å². The molecule has 2 bridgehead atoms. The number of benzene rings is 3. The van der Waals surface area contributed by atoms with E-state index in [-0.39, 0.29) is 46.4 Å². The molecule has 1 spiro atoms. The van der Waals surface area contributed by atoms with E-state index in [9.17, 15) is 19.5 Å². The lowest BCUT2D eigenvalue weighted by Gasteiger charge is -2.54. The molecule has 3 atom stereocenters. The van der Waals surface area contributed by atoms with E-state index in [0.29, 0.717) is 75.6 Å². The van der Waals surface area contributed by atoms with Crippen LogP contribution in [-0.4, -0.2) is 122 Å². The fourth-order valence-electron chi connectivity index (χ4n) is 12.4. The van der Waals surface area contributed by atoms with Gasteiger partial charge in [0.15, 0.2) is 5.82 Å². The molecule has 6 aliphatic rings. The van der Waals surface area contributed by atoms with Crippen LogP contribution in [0.1, 0.15) is 75.5 Å². The number of rotatable bonds is 12. The van der Waals surface area contributed by atoms with E-state index in [1.165, 1.54) is 16.7 Å². The first-order valence-electron chi connectivity index (χ1n) is 24.8. The van der Waals surface area contributed by atoms with E-state index in [1.807, 2.05) is 19.1 Å². The number of nitrogens with zero attached hydrogens (tertiary/aromatic N) is 8. The van der Waals surface area contributed by atoms with Crippen molar-refractivity contribution in [1.82, 2.24) is 44.5 Å². The first-order valence-corrected chi connectivity index (χ1v) is 24.8. The van der Waals surface area contributed by atoms with Crippen LogP contribution in [0.15, 0.2) is 53.5 Å². The van der Waals surface area contributed by atoms with E-state index in [4.69, 9.17) is 14.7 Å². The van der Waals surface area contributed by atoms with E-state index < -0.39 is 23.6 Å². The van der Waals surface area contributed by atoms with E-state index in [2.05, 4.69) is 36.4 Å². The van der Waals surface area contributed by atoms with Crippen molar-refractivity contribution < 1.29 is 28.2 Å². The molecule has 12 rings (SSSR count). The molecular formula is C52H58F2N10O5. The average molecular weight is 941 g/mol. The van der Waals surface area contributed by atoms with Crippen LogP contribution in [0.3, 0.4) is 0 Å². The van der Waals surface area contributed by atoms with Gasteiger partial charge in [-0.3, -0.25) is 29.0 Å². The Morgan fingerprint density at radius 2 is 1.70 bits per heavy atom. The lowest BCUT2D eigenvalue weighted by Crippen LogP contribution is -2.60. The van der Waals surface area contributed by atoms with Crippen molar-refractivity contribution in [2.45, 2.75) is 89.3 Å². The molecule has 3 N–H and O–H groups in total. The topological polar surface area (TPSA) is 163 Å². The number of hydrogen-bond acceptors (Lipinski definition) is 12. The SMILES string of the molecule is CCc1c(F)ccc2cc(O)cc(-c3ncc4c(N5CC6CCC(C5)N6)nc(OCC5(CN6CCC7(CC6)CN(CCc6ccc8c(c6)n(C)c(=O)n8C6CCC(=O)NC6=O)C7)CC5)nc4c3F)c12. The number of hydrogen-bond donors (Lipinski definition) is 3. The number of carbonyl (C=O) groups excluding carboxylic acids is 2. The van der Waals surface area contributed by atoms with Crippen molar-refractivity contribution in [3.8, 4) is 23.0 Å². The molecule has 3 aromatic carbocycles. The van der Waals surface area contributed by atoms with Crippen molar-refractivity contribution in [1.29, 1.82) is 0 Å². The largest absolute Gasteiger partial charge is 0.508 e. The second kappa shape index (κ2) is 16.8. The van der Waals surface area contributed by atoms with Crippen LogP contribution in [-0.2, 0) is 29.5 Å². The molecule has 6 fully saturated rings. The van der Waals surface area contributed by atoms with Gasteiger partial charge in [-0.25, -0.2) is 13.6 Å². The number of piperidine rings is 2. The molecule has 3 aromatic heterocycles. The summed E-state index contributed by atoms with van der Waals surface area (Å²) >= 11 is 0. The molecule has 2 amide bonds. The van der Waals surface area contributed by atoms with Crippen LogP contribution in [0.5, 0.6) is 11.8 Å². The second-order valence-corrected chi connectivity index (χ2v) is 21.1. The fourth-order valence-corrected chi connectivity index (χ4v) is 12.4. The van der Waals surface area contributed by atoms with Gasteiger partial charge in [0.1, 0.15) is 34.6 Å². The third kappa shape index (κ3) is 7.90. The predicted molar refractivity (Wildman–Crippen MR) is 257 cm³/mol. The van der Waals surface area contributed by atoms with Gasteiger partial charge in [-0.2, -0.15) is 9.97 Å². The third-order valence-corrected chi connectivity index (χ3v) is 16.4. The Balaban J connectivity index is 0.708. The summed E-state index contributed by atoms with van der Waals surface area (Å²) in [5.74, 6) is -1.25. The number of imide groups is 1. The summed E-state index contributed by atoms with van der Waals surface area (Å²) in [5, 5.41) is 18.4. The Labute approximate surface area is 397 Å². The molecule has 3 unspecified atom stereocenters. The lowest BCUT2D eigenvalue weighted by molar-refractivity contribution is -0.135. The maximum atomic E-state index is 17.2. The van der Waals surface area contributed by atoms with Gasteiger partial charge in [0.05, 0.1) is 23.0 Å². The van der Waals surface area contributed by atoms with Crippen LogP contribution < -0.4 is 26.0 Å². The highest BCUT2D eigenvalue weighted by Crippen LogP contribution is 2.49. The highest BCUT2D eigenvalue weighted by molar-refractivity contribution is 6.02. The zero-order valence-electron chi connectivity index (χ0n) is 39.2. The first kappa shape index (κ1) is 44.2. The number of aromatic hydroxyl groups is 1. The lowest BCUT2D eigenvalue weighted by atomic mass is 9.71. The Morgan fingerprint density at radius 3 is 2.43 bits per heavy atom. The van der Waals surface area contributed by atoms with Crippen LogP contribution >= 0.6 is 0 Å². The Hall–Kier alpha value is -6.04. The highest BCUT2D eigenvalue weighted by Gasteiger charge is 2.49. The smallest absolute Gasteiger partial charge is 0.329 e. The standard InChI is InChI=1S/C52H58F2N10O5/c1-3-35-38(53)8-5-31-21-34(65)22-36(43(31)35)45-44(54)46-37(23-55-45)47(63-24-32-6-7-33(25-63)56-32)59-49(58-46)69-29-52(13-14-52)28-61-18-15-51(16-19-61)26-62(27-51)17-12-30-4-9-39-41(20-30)60(2)50(68)64(39)40-10-11-42(66)57-48(40)67/h4-5,8-9,20-23,32-33,40,56,65H,3,6-7,10-19,24-29H2,1-2H3,(H,57,66,67). The molecule has 69 heavy (non-hydrogen) atoms. The number of aromatic nitrogens is 5. The third-order valence-electron chi connectivity index (χ3n) is 16.4. The van der Waals surface area contributed by atoms with Gasteiger partial charge < -0.3 is 29.9 Å². The van der Waals surface area contributed by atoms with E-state index in [0.717, 1.165) is 108 Å². The van der Waals surface area contributed by atoms with Gasteiger partial charge in [-0.1, -0.05) is 19.1 Å². The van der Waals surface area contributed by atoms with Crippen LogP contribution in [0.4, 0.5) is 14.6 Å². The zero-order valence-corrected chi connectivity index (χ0v) is 39.2. The summed E-state index contributed by atoms with van der Waals surface area (Å²) in [6, 6.07) is 12.1. The molecule has 1 saturated carbocycles. The molecule has 5 saturated heterocycles. The van der Waals surface area contributed by atoms with Gasteiger partial charge in [-0.15, -0.1) is 0 Å². The Kier molecular flexibility index (Phi) is 10.8. The normalized spacial score (nSPS) is 23.3. The van der Waals surface area contributed by atoms with Crippen LogP contribution in [0.2, 0.25) is 0 Å². The van der Waals surface area contributed by atoms with Gasteiger partial charge in [0.25, 0.3) is 0 Å². The quantitative estimate of drug-likeness (QED) is 0.127. The van der Waals surface area contributed by atoms with Crippen LogP contribution in [0.25, 0.3) is 44.0 Å². The summed E-state index contributed by atoms with van der Waals surface area (Å²) in [5.41, 5.74) is 3.50. The number of ether oxygens (including phenoxy) is 1. The number of likely N-dealkylation sites (tertiary alicyclic amines) is 2. The van der Waals surface area contributed by atoms with Crippen molar-refractivity contribution in [2.75, 3.05) is 63.9 Å². The number of phenolic OH excluding ortho intramolecular Hbond substituents is 1. The predicted octanol–water partition coefficient (Wildman–Crippen LogP) is 5.76. The summed E-state index contributed by atoms with van der Waals surface area (Å²) < 4.78 is 42.0. The van der Waals surface area contributed by atoms with Gasteiger partial charge in [0, 0.05) is 82.0 Å². The summed E-state index contributed by atoms with van der Waals surface area (Å²) in [7, 11) is 1.73. The summed E-state index contributed by atoms with van der Waals surface area (Å²) in [6.45, 7) is 9.80. The number of carbonyl (C=O) groups is 2. The zero-order chi connectivity index (χ0) is 47.3. The van der Waals surface area contributed by atoms with E-state index >= 15 is 8.78 Å². The maximum Gasteiger partial charge on any atom is 0.329 e. The number of aryl methyl sites for hydroxylation is 2. The number of halogens is 2. The van der Waals surface area contributed by atoms with Gasteiger partial charge >= 0.3 is 11.7 Å². The number of pyridine rings is 1. The van der Waals surface area contributed by atoms with Crippen molar-refractivity contribution in [3.05, 3.63) is 81.9 Å². The Morgan fingerprint density at radius 1 is 0.913 bits per heavy atom. The number of imidazole rings is 1. The number of phenols is 1. The van der Waals surface area contributed by atoms with Gasteiger partial charge in [0.2, 0.25) is 11.8 Å². The maximum absolute atomic E-state index is 17.2. The second-order valence-electron chi connectivity index (χ2n) is 21.1. The monoisotopic (exact) mass is 940 g/mol. The van der Waals surface area contributed by atoms with Crippen molar-refractivity contribution in [3.63, 3.8) is 0 Å². The van der Waals surface area contributed by atoms with Crippen molar-refractivity contribution in [2.24, 2.45) is 17.9 Å². The highest BCUT2D eigenvalue weighted by atomic mass is 19.1. The average Bonchev–Trinajstić information content (AvgIpc) is 3.95. The van der Waals surface area contributed by atoms with Crippen LogP contribution in [0, 0.1) is 22.5 Å². The number of anilines is 1. The molecule has 8 heterocycles. The number of amides is 2. The van der Waals surface area contributed by atoms with E-state index in [1.54, 1.807) is 29.9 Å².